The molecule has 1 aromatic rings. The Morgan fingerprint density at radius 3 is 2.65 bits per heavy atom. The lowest BCUT2D eigenvalue weighted by molar-refractivity contribution is 0.0513. The van der Waals surface area contributed by atoms with Crippen LogP contribution in [0.4, 0.5) is 10.5 Å². The van der Waals surface area contributed by atoms with Gasteiger partial charge in [0.15, 0.2) is 0 Å². The van der Waals surface area contributed by atoms with Crippen molar-refractivity contribution in [2.45, 2.75) is 50.2 Å². The van der Waals surface area contributed by atoms with E-state index in [0.29, 0.717) is 28.5 Å². The number of halogens is 1. The molecule has 5 nitrogen and oxygen atoms in total. The third kappa shape index (κ3) is 3.72. The van der Waals surface area contributed by atoms with Crippen molar-refractivity contribution in [2.75, 3.05) is 19.5 Å². The Morgan fingerprint density at radius 2 is 2.00 bits per heavy atom. The number of fused-ring (bicyclic) bond motifs is 2. The highest BCUT2D eigenvalue weighted by Gasteiger charge is 2.36. The summed E-state index contributed by atoms with van der Waals surface area (Å²) >= 11 is 6.00. The number of carbonyl (C=O) groups excluding carboxylic acids is 1. The smallest absolute Gasteiger partial charge is 0.319 e. The van der Waals surface area contributed by atoms with Crippen LogP contribution in [0.1, 0.15) is 32.1 Å². The molecule has 23 heavy (non-hydrogen) atoms. The average Bonchev–Trinajstić information content (AvgIpc) is 2.48. The van der Waals surface area contributed by atoms with Crippen molar-refractivity contribution < 1.29 is 9.53 Å². The van der Waals surface area contributed by atoms with E-state index in [1.807, 2.05) is 0 Å². The van der Waals surface area contributed by atoms with Crippen LogP contribution in [0, 0.1) is 0 Å². The fourth-order valence-corrected chi connectivity index (χ4v) is 4.03. The summed E-state index contributed by atoms with van der Waals surface area (Å²) in [7, 11) is 3.78. The zero-order valence-corrected chi connectivity index (χ0v) is 14.4. The van der Waals surface area contributed by atoms with Crippen molar-refractivity contribution in [3.63, 3.8) is 0 Å². The molecule has 0 aromatic heterocycles. The molecule has 2 amide bonds. The van der Waals surface area contributed by atoms with Crippen molar-refractivity contribution >= 4 is 23.3 Å². The van der Waals surface area contributed by atoms with Gasteiger partial charge in [-0.05, 0) is 50.9 Å². The number of piperidine rings is 2. The van der Waals surface area contributed by atoms with E-state index >= 15 is 0 Å². The summed E-state index contributed by atoms with van der Waals surface area (Å²) in [5, 5.41) is 6.53. The summed E-state index contributed by atoms with van der Waals surface area (Å²) in [4.78, 5) is 14.8. The first kappa shape index (κ1) is 16.4. The Hall–Kier alpha value is -1.46. The number of hydrogen-bond acceptors (Lipinski definition) is 3. The Kier molecular flexibility index (Phi) is 4.97. The number of carbonyl (C=O) groups is 1. The van der Waals surface area contributed by atoms with Crippen molar-refractivity contribution in [3.05, 3.63) is 23.2 Å². The molecule has 2 bridgehead atoms. The molecule has 2 heterocycles. The van der Waals surface area contributed by atoms with Gasteiger partial charge in [-0.2, -0.15) is 0 Å². The van der Waals surface area contributed by atoms with Crippen LogP contribution in [0.5, 0.6) is 5.75 Å². The molecular weight excluding hydrogens is 314 g/mol. The molecule has 0 spiro atoms. The fraction of sp³-hybridized carbons (Fsp3) is 0.588. The lowest BCUT2D eigenvalue weighted by atomic mass is 9.82. The third-order valence-electron chi connectivity index (χ3n) is 5.08. The molecule has 2 saturated heterocycles. The van der Waals surface area contributed by atoms with Gasteiger partial charge in [-0.15, -0.1) is 0 Å². The lowest BCUT2D eigenvalue weighted by Crippen LogP contribution is -2.55. The molecular formula is C17H24ClN3O2. The van der Waals surface area contributed by atoms with E-state index in [4.69, 9.17) is 16.3 Å². The van der Waals surface area contributed by atoms with Crippen LogP contribution in [-0.4, -0.2) is 43.2 Å². The molecule has 2 N–H and O–H groups in total. The van der Waals surface area contributed by atoms with Crippen LogP contribution in [-0.2, 0) is 0 Å². The van der Waals surface area contributed by atoms with Crippen LogP contribution >= 0.6 is 11.6 Å². The van der Waals surface area contributed by atoms with E-state index in [9.17, 15) is 4.79 Å². The van der Waals surface area contributed by atoms with E-state index in [1.54, 1.807) is 25.3 Å². The van der Waals surface area contributed by atoms with Gasteiger partial charge in [0, 0.05) is 23.1 Å². The lowest BCUT2D eigenvalue weighted by Gasteiger charge is -2.47. The SMILES string of the molecule is COc1ccc(Cl)cc1NC(=O)NC1CC2CCCC(C1)N2C. The van der Waals surface area contributed by atoms with Crippen molar-refractivity contribution in [1.82, 2.24) is 10.2 Å². The predicted octanol–water partition coefficient (Wildman–Crippen LogP) is 3.49. The maximum atomic E-state index is 12.3. The second-order valence-electron chi connectivity index (χ2n) is 6.52. The monoisotopic (exact) mass is 337 g/mol. The van der Waals surface area contributed by atoms with Gasteiger partial charge in [-0.1, -0.05) is 18.0 Å². The summed E-state index contributed by atoms with van der Waals surface area (Å²) in [6.07, 6.45) is 5.81. The predicted molar refractivity (Wildman–Crippen MR) is 92.4 cm³/mol. The number of anilines is 1. The van der Waals surface area contributed by atoms with E-state index in [-0.39, 0.29) is 12.1 Å². The average molecular weight is 338 g/mol. The first-order valence-corrected chi connectivity index (χ1v) is 8.57. The minimum absolute atomic E-state index is 0.196. The second kappa shape index (κ2) is 6.97. The van der Waals surface area contributed by atoms with Crippen LogP contribution < -0.4 is 15.4 Å². The highest BCUT2D eigenvalue weighted by Crippen LogP contribution is 2.33. The quantitative estimate of drug-likeness (QED) is 0.887. The summed E-state index contributed by atoms with van der Waals surface area (Å²) in [5.74, 6) is 0.602. The van der Waals surface area contributed by atoms with E-state index < -0.39 is 0 Å². The topological polar surface area (TPSA) is 53.6 Å². The molecule has 126 valence electrons. The van der Waals surface area contributed by atoms with Crippen molar-refractivity contribution in [1.29, 1.82) is 0 Å². The van der Waals surface area contributed by atoms with Crippen LogP contribution in [0.25, 0.3) is 0 Å². The molecule has 2 aliphatic heterocycles. The molecule has 3 rings (SSSR count). The number of nitrogens with zero attached hydrogens (tertiary/aromatic N) is 1. The molecule has 2 fully saturated rings. The van der Waals surface area contributed by atoms with Gasteiger partial charge in [0.05, 0.1) is 12.8 Å². The highest BCUT2D eigenvalue weighted by molar-refractivity contribution is 6.31. The summed E-state index contributed by atoms with van der Waals surface area (Å²) in [6, 6.07) is 6.40. The molecule has 2 atom stereocenters. The van der Waals surface area contributed by atoms with Gasteiger partial charge < -0.3 is 20.3 Å². The Bertz CT molecular complexity index is 567. The molecule has 0 radical (unpaired) electrons. The summed E-state index contributed by atoms with van der Waals surface area (Å²) < 4.78 is 5.26. The molecule has 6 heteroatoms. The first-order chi connectivity index (χ1) is 11.1. The van der Waals surface area contributed by atoms with Crippen LogP contribution in [0.3, 0.4) is 0 Å². The standard InChI is InChI=1S/C17H24ClN3O2/c1-21-13-4-3-5-14(21)10-12(9-13)19-17(22)20-15-8-11(18)6-7-16(15)23-2/h6-8,12-14H,3-5,9-10H2,1-2H3,(H2,19,20,22). The number of hydrogen-bond donors (Lipinski definition) is 2. The van der Waals surface area contributed by atoms with Crippen LogP contribution in [0.15, 0.2) is 18.2 Å². The number of nitrogens with one attached hydrogen (secondary N) is 2. The number of amides is 2. The number of benzene rings is 1. The van der Waals surface area contributed by atoms with E-state index in [2.05, 4.69) is 22.6 Å². The Morgan fingerprint density at radius 1 is 1.30 bits per heavy atom. The molecule has 0 saturated carbocycles. The maximum Gasteiger partial charge on any atom is 0.319 e. The van der Waals surface area contributed by atoms with Gasteiger partial charge in [-0.25, -0.2) is 4.79 Å². The van der Waals surface area contributed by atoms with E-state index in [0.717, 1.165) is 12.8 Å². The number of rotatable bonds is 3. The molecule has 0 aliphatic carbocycles. The number of ether oxygens (including phenoxy) is 1. The summed E-state index contributed by atoms with van der Waals surface area (Å²) in [6.45, 7) is 0. The largest absolute Gasteiger partial charge is 0.495 e. The highest BCUT2D eigenvalue weighted by atomic mass is 35.5. The van der Waals surface area contributed by atoms with Gasteiger partial charge in [0.2, 0.25) is 0 Å². The third-order valence-corrected chi connectivity index (χ3v) is 5.32. The summed E-state index contributed by atoms with van der Waals surface area (Å²) in [5.41, 5.74) is 0.589. The minimum atomic E-state index is -0.196. The van der Waals surface area contributed by atoms with E-state index in [1.165, 1.54) is 19.3 Å². The fourth-order valence-electron chi connectivity index (χ4n) is 3.86. The van der Waals surface area contributed by atoms with Crippen LogP contribution in [0.2, 0.25) is 5.02 Å². The van der Waals surface area contributed by atoms with Crippen molar-refractivity contribution in [2.24, 2.45) is 0 Å². The molecule has 2 unspecified atom stereocenters. The maximum absolute atomic E-state index is 12.3. The first-order valence-electron chi connectivity index (χ1n) is 8.20. The second-order valence-corrected chi connectivity index (χ2v) is 6.95. The zero-order chi connectivity index (χ0) is 16.4. The molecule has 1 aromatic carbocycles. The van der Waals surface area contributed by atoms with Gasteiger partial charge in [0.1, 0.15) is 5.75 Å². The van der Waals surface area contributed by atoms with Gasteiger partial charge in [-0.3, -0.25) is 0 Å². The van der Waals surface area contributed by atoms with Crippen molar-refractivity contribution in [3.8, 4) is 5.75 Å². The zero-order valence-electron chi connectivity index (χ0n) is 13.6. The Balaban J connectivity index is 1.61. The number of urea groups is 1. The number of methoxy groups -OCH3 is 1. The van der Waals surface area contributed by atoms with Gasteiger partial charge in [0.25, 0.3) is 0 Å². The normalized spacial score (nSPS) is 27.3. The Labute approximate surface area is 142 Å². The molecule has 2 aliphatic rings. The van der Waals surface area contributed by atoms with Gasteiger partial charge >= 0.3 is 6.03 Å². The minimum Gasteiger partial charge on any atom is -0.495 e.